The lowest BCUT2D eigenvalue weighted by atomic mass is 10.0. The van der Waals surface area contributed by atoms with Crippen molar-refractivity contribution in [1.82, 2.24) is 15.7 Å². The summed E-state index contributed by atoms with van der Waals surface area (Å²) in [4.78, 5) is 47.3. The van der Waals surface area contributed by atoms with Crippen LogP contribution in [0.15, 0.2) is 46.9 Å². The lowest BCUT2D eigenvalue weighted by Crippen LogP contribution is -2.42. The number of hydrogen-bond acceptors (Lipinski definition) is 7. The van der Waals surface area contributed by atoms with Gasteiger partial charge < -0.3 is 19.8 Å². The van der Waals surface area contributed by atoms with Gasteiger partial charge in [-0.05, 0) is 24.6 Å². The summed E-state index contributed by atoms with van der Waals surface area (Å²) < 4.78 is 10.3. The molecule has 2 rings (SSSR count). The number of nitrogens with one attached hydrogen (secondary N) is 2. The van der Waals surface area contributed by atoms with E-state index in [2.05, 4.69) is 10.6 Å². The Kier molecular flexibility index (Phi) is 9.92. The van der Waals surface area contributed by atoms with Crippen LogP contribution in [0.4, 0.5) is 0 Å². The first kappa shape index (κ1) is 24.6. The molecular weight excluding hydrogens is 418 g/mol. The predicted molar refractivity (Wildman–Crippen MR) is 113 cm³/mol. The fraction of sp³-hybridized carbons (Fsp3) is 0.364. The molecule has 1 unspecified atom stereocenters. The first-order valence-corrected chi connectivity index (χ1v) is 10.3. The van der Waals surface area contributed by atoms with E-state index < -0.39 is 23.7 Å². The maximum Gasteiger partial charge on any atom is 0.345 e. The van der Waals surface area contributed by atoms with Crippen LogP contribution in [0.1, 0.15) is 53.5 Å². The van der Waals surface area contributed by atoms with E-state index in [9.17, 15) is 24.4 Å². The minimum Gasteiger partial charge on any atom is -0.420 e. The number of ether oxygens (including phenoxy) is 1. The number of hydrogen-bond donors (Lipinski definition) is 3. The molecule has 0 aliphatic heterocycles. The third-order valence-corrected chi connectivity index (χ3v) is 4.58. The van der Waals surface area contributed by atoms with Crippen LogP contribution in [0.2, 0.25) is 0 Å². The molecule has 1 aromatic heterocycles. The molecule has 0 radical (unpaired) electrons. The van der Waals surface area contributed by atoms with Gasteiger partial charge in [0.15, 0.2) is 5.76 Å². The molecule has 32 heavy (non-hydrogen) atoms. The van der Waals surface area contributed by atoms with Crippen LogP contribution in [-0.4, -0.2) is 47.7 Å². The summed E-state index contributed by atoms with van der Waals surface area (Å²) in [6, 6.07) is 11.0. The zero-order valence-corrected chi connectivity index (χ0v) is 17.8. The third-order valence-electron chi connectivity index (χ3n) is 4.58. The summed E-state index contributed by atoms with van der Waals surface area (Å²) >= 11 is 0. The highest BCUT2D eigenvalue weighted by molar-refractivity contribution is 5.93. The van der Waals surface area contributed by atoms with Gasteiger partial charge in [-0.1, -0.05) is 44.4 Å². The van der Waals surface area contributed by atoms with Gasteiger partial charge in [0.2, 0.25) is 12.3 Å². The number of amides is 3. The van der Waals surface area contributed by atoms with Crippen molar-refractivity contribution in [3.63, 3.8) is 0 Å². The Balaban J connectivity index is 1.83. The van der Waals surface area contributed by atoms with Gasteiger partial charge in [-0.3, -0.25) is 19.6 Å². The Hall–Kier alpha value is -3.66. The van der Waals surface area contributed by atoms with Gasteiger partial charge in [-0.2, -0.15) is 0 Å². The second-order valence-corrected chi connectivity index (χ2v) is 7.02. The molecule has 0 fully saturated rings. The van der Waals surface area contributed by atoms with Crippen LogP contribution in [-0.2, 0) is 9.59 Å². The molecule has 0 aliphatic carbocycles. The van der Waals surface area contributed by atoms with Gasteiger partial charge in [0.05, 0.1) is 24.7 Å². The lowest BCUT2D eigenvalue weighted by molar-refractivity contribution is -0.154. The molecule has 0 bridgehead atoms. The van der Waals surface area contributed by atoms with Crippen molar-refractivity contribution in [2.45, 2.75) is 32.6 Å². The van der Waals surface area contributed by atoms with E-state index in [1.807, 2.05) is 6.92 Å². The van der Waals surface area contributed by atoms with Gasteiger partial charge in [-0.15, -0.1) is 0 Å². The molecule has 0 spiro atoms. The largest absolute Gasteiger partial charge is 0.420 e. The summed E-state index contributed by atoms with van der Waals surface area (Å²) in [6.45, 7) is 1.70. The van der Waals surface area contributed by atoms with E-state index in [4.69, 9.17) is 9.15 Å². The highest BCUT2D eigenvalue weighted by atomic mass is 16.6. The number of unbranched alkanes of at least 4 members (excludes halogenated alkanes) is 2. The highest BCUT2D eigenvalue weighted by Crippen LogP contribution is 2.17. The third kappa shape index (κ3) is 7.88. The number of furan rings is 1. The van der Waals surface area contributed by atoms with Crippen LogP contribution in [0.5, 0.6) is 5.95 Å². The Bertz CT molecular complexity index is 898. The maximum absolute atomic E-state index is 12.4. The zero-order chi connectivity index (χ0) is 23.3. The van der Waals surface area contributed by atoms with E-state index in [-0.39, 0.29) is 31.3 Å². The molecule has 3 N–H and O–H groups in total. The zero-order valence-electron chi connectivity index (χ0n) is 17.8. The Morgan fingerprint density at radius 1 is 1.12 bits per heavy atom. The quantitative estimate of drug-likeness (QED) is 0.107. The summed E-state index contributed by atoms with van der Waals surface area (Å²) in [5.74, 6) is -2.49. The van der Waals surface area contributed by atoms with Crippen LogP contribution < -0.4 is 15.4 Å². The second kappa shape index (κ2) is 12.9. The molecule has 1 atom stereocenters. The minimum atomic E-state index is -0.624. The van der Waals surface area contributed by atoms with Crippen molar-refractivity contribution in [3.05, 3.63) is 53.8 Å². The topological polar surface area (TPSA) is 138 Å². The van der Waals surface area contributed by atoms with Crippen LogP contribution >= 0.6 is 0 Å². The molecule has 10 nitrogen and oxygen atoms in total. The first-order valence-electron chi connectivity index (χ1n) is 10.3. The Labute approximate surface area is 185 Å². The van der Waals surface area contributed by atoms with Gasteiger partial charge in [0.1, 0.15) is 0 Å². The van der Waals surface area contributed by atoms with Gasteiger partial charge >= 0.3 is 5.97 Å². The Morgan fingerprint density at radius 2 is 1.88 bits per heavy atom. The van der Waals surface area contributed by atoms with Gasteiger partial charge in [0.25, 0.3) is 11.9 Å². The van der Waals surface area contributed by atoms with Crippen molar-refractivity contribution < 1.29 is 33.5 Å². The number of rotatable bonds is 13. The summed E-state index contributed by atoms with van der Waals surface area (Å²) in [5.41, 5.74) is 0.335. The monoisotopic (exact) mass is 445 g/mol. The standard InChI is InChI=1S/C22H27N3O7/c1-2-3-5-10-17(13-25(30)15-26)20(27)23-14-24-21(28)18-11-12-19(31-18)32-22(29)16-8-6-4-7-9-16/h4,6-9,11-12,15,17,30H,2-3,5,10,13-14H2,1H3,(H,23,27)(H,24,28). The molecule has 0 saturated heterocycles. The summed E-state index contributed by atoms with van der Waals surface area (Å²) in [6.07, 6.45) is 3.38. The number of nitrogens with zero attached hydrogens (tertiary/aromatic N) is 1. The van der Waals surface area contributed by atoms with Crippen LogP contribution in [0.25, 0.3) is 0 Å². The number of benzene rings is 1. The van der Waals surface area contributed by atoms with Crippen molar-refractivity contribution in [2.24, 2.45) is 5.92 Å². The van der Waals surface area contributed by atoms with E-state index in [0.717, 1.165) is 19.3 Å². The van der Waals surface area contributed by atoms with E-state index >= 15 is 0 Å². The van der Waals surface area contributed by atoms with Crippen LogP contribution in [0.3, 0.4) is 0 Å². The molecule has 3 amide bonds. The fourth-order valence-electron chi connectivity index (χ4n) is 2.88. The van der Waals surface area contributed by atoms with Gasteiger partial charge in [-0.25, -0.2) is 9.86 Å². The number of esters is 1. The van der Waals surface area contributed by atoms with E-state index in [1.165, 1.54) is 12.1 Å². The SMILES string of the molecule is CCCCCC(CN(O)C=O)C(=O)NCNC(=O)c1ccc(OC(=O)c2ccccc2)o1. The van der Waals surface area contributed by atoms with Crippen molar-refractivity contribution >= 4 is 24.2 Å². The number of carbonyl (C=O) groups excluding carboxylic acids is 4. The summed E-state index contributed by atoms with van der Waals surface area (Å²) in [7, 11) is 0. The molecule has 10 heteroatoms. The van der Waals surface area contributed by atoms with Crippen LogP contribution in [0, 0.1) is 5.92 Å². The molecule has 1 aromatic carbocycles. The van der Waals surface area contributed by atoms with Crippen molar-refractivity contribution in [3.8, 4) is 5.95 Å². The molecule has 172 valence electrons. The molecule has 0 saturated carbocycles. The summed E-state index contributed by atoms with van der Waals surface area (Å²) in [5, 5.41) is 14.8. The molecule has 2 aromatic rings. The first-order chi connectivity index (χ1) is 15.4. The smallest absolute Gasteiger partial charge is 0.345 e. The van der Waals surface area contributed by atoms with Crippen molar-refractivity contribution in [2.75, 3.05) is 13.2 Å². The molecular formula is C22H27N3O7. The Morgan fingerprint density at radius 3 is 2.56 bits per heavy atom. The fourth-order valence-corrected chi connectivity index (χ4v) is 2.88. The average molecular weight is 445 g/mol. The average Bonchev–Trinajstić information content (AvgIpc) is 3.27. The lowest BCUT2D eigenvalue weighted by Gasteiger charge is -2.19. The predicted octanol–water partition coefficient (Wildman–Crippen LogP) is 2.35. The normalized spacial score (nSPS) is 11.3. The van der Waals surface area contributed by atoms with E-state index in [0.29, 0.717) is 17.0 Å². The second-order valence-electron chi connectivity index (χ2n) is 7.02. The van der Waals surface area contributed by atoms with E-state index in [1.54, 1.807) is 30.3 Å². The maximum atomic E-state index is 12.4. The minimum absolute atomic E-state index is 0.0999. The highest BCUT2D eigenvalue weighted by Gasteiger charge is 2.21. The molecule has 1 heterocycles. The number of carbonyl (C=O) groups is 4. The number of hydroxylamine groups is 2. The molecule has 0 aliphatic rings. The van der Waals surface area contributed by atoms with Crippen molar-refractivity contribution in [1.29, 1.82) is 0 Å². The van der Waals surface area contributed by atoms with Gasteiger partial charge in [0, 0.05) is 6.07 Å².